The van der Waals surface area contributed by atoms with Gasteiger partial charge < -0.3 is 9.84 Å². The van der Waals surface area contributed by atoms with Crippen LogP contribution in [0.15, 0.2) is 0 Å². The molecule has 0 spiro atoms. The van der Waals surface area contributed by atoms with E-state index in [1.165, 1.54) is 11.3 Å². The number of carboxylic acids is 1. The molecular weight excluding hydrogens is 214 g/mol. The van der Waals surface area contributed by atoms with Gasteiger partial charge in [-0.25, -0.2) is 9.78 Å². The Morgan fingerprint density at radius 2 is 2.27 bits per heavy atom. The number of carboxylic acid groups (broad SMARTS) is 1. The number of aromatic nitrogens is 1. The average molecular weight is 229 g/mol. The lowest BCUT2D eigenvalue weighted by Gasteiger charge is -2.01. The first kappa shape index (κ1) is 12.1. The van der Waals surface area contributed by atoms with Crippen molar-refractivity contribution in [3.8, 4) is 0 Å². The highest BCUT2D eigenvalue weighted by Gasteiger charge is 2.17. The lowest BCUT2D eigenvalue weighted by molar-refractivity contribution is 0.0700. The Labute approximate surface area is 92.9 Å². The van der Waals surface area contributed by atoms with Gasteiger partial charge in [0.05, 0.1) is 12.3 Å². The maximum Gasteiger partial charge on any atom is 0.347 e. The van der Waals surface area contributed by atoms with Crippen LogP contribution in [0.1, 0.15) is 34.2 Å². The van der Waals surface area contributed by atoms with E-state index < -0.39 is 5.97 Å². The van der Waals surface area contributed by atoms with Gasteiger partial charge in [-0.05, 0) is 12.3 Å². The van der Waals surface area contributed by atoms with E-state index in [0.29, 0.717) is 29.5 Å². The fourth-order valence-electron chi connectivity index (χ4n) is 1.28. The van der Waals surface area contributed by atoms with Crippen LogP contribution >= 0.6 is 11.3 Å². The molecule has 1 aromatic rings. The molecule has 5 heteroatoms. The number of methoxy groups -OCH3 is 1. The smallest absolute Gasteiger partial charge is 0.347 e. The number of thiazole rings is 1. The summed E-state index contributed by atoms with van der Waals surface area (Å²) in [5.74, 6) is -0.494. The topological polar surface area (TPSA) is 59.4 Å². The van der Waals surface area contributed by atoms with Crippen molar-refractivity contribution in [3.05, 3.63) is 15.6 Å². The highest BCUT2D eigenvalue weighted by atomic mass is 32.1. The molecule has 84 valence electrons. The Hall–Kier alpha value is -0.940. The molecule has 1 N–H and O–H groups in total. The fourth-order valence-corrected chi connectivity index (χ4v) is 2.18. The Balaban J connectivity index is 2.95. The van der Waals surface area contributed by atoms with E-state index in [2.05, 4.69) is 4.98 Å². The van der Waals surface area contributed by atoms with Crippen LogP contribution in [0, 0.1) is 5.92 Å². The second-order valence-corrected chi connectivity index (χ2v) is 4.80. The third-order valence-corrected chi connectivity index (χ3v) is 2.86. The molecule has 1 aromatic heterocycles. The molecular formula is C10H15NO3S. The first-order valence-corrected chi connectivity index (χ1v) is 5.57. The fraction of sp³-hybridized carbons (Fsp3) is 0.600. The zero-order valence-electron chi connectivity index (χ0n) is 9.11. The quantitative estimate of drug-likeness (QED) is 0.840. The molecule has 0 unspecified atom stereocenters. The zero-order valence-corrected chi connectivity index (χ0v) is 9.93. The third-order valence-electron chi connectivity index (χ3n) is 1.81. The van der Waals surface area contributed by atoms with Gasteiger partial charge in [0.25, 0.3) is 0 Å². The summed E-state index contributed by atoms with van der Waals surface area (Å²) in [6, 6.07) is 0. The summed E-state index contributed by atoms with van der Waals surface area (Å²) < 4.78 is 4.94. The number of ether oxygens (including phenoxy) is 1. The Bertz CT molecular complexity index is 346. The maximum atomic E-state index is 11.0. The number of hydrogen-bond donors (Lipinski definition) is 1. The van der Waals surface area contributed by atoms with Crippen LogP contribution < -0.4 is 0 Å². The van der Waals surface area contributed by atoms with Crippen molar-refractivity contribution in [2.45, 2.75) is 26.9 Å². The van der Waals surface area contributed by atoms with Crippen molar-refractivity contribution in [1.29, 1.82) is 0 Å². The second kappa shape index (κ2) is 5.23. The predicted octanol–water partition coefficient (Wildman–Crippen LogP) is 2.19. The highest BCUT2D eigenvalue weighted by Crippen LogP contribution is 2.21. The molecule has 4 nitrogen and oxygen atoms in total. The summed E-state index contributed by atoms with van der Waals surface area (Å²) in [5.41, 5.74) is 0.676. The van der Waals surface area contributed by atoms with E-state index in [4.69, 9.17) is 9.84 Å². The Kier molecular flexibility index (Phi) is 4.23. The van der Waals surface area contributed by atoms with Crippen molar-refractivity contribution in [2.24, 2.45) is 5.92 Å². The van der Waals surface area contributed by atoms with Crippen molar-refractivity contribution in [3.63, 3.8) is 0 Å². The van der Waals surface area contributed by atoms with Crippen molar-refractivity contribution >= 4 is 17.3 Å². The van der Waals surface area contributed by atoms with E-state index in [1.807, 2.05) is 13.8 Å². The summed E-state index contributed by atoms with van der Waals surface area (Å²) >= 11 is 1.20. The van der Waals surface area contributed by atoms with Crippen LogP contribution in [-0.4, -0.2) is 23.2 Å². The maximum absolute atomic E-state index is 11.0. The second-order valence-electron chi connectivity index (χ2n) is 3.72. The van der Waals surface area contributed by atoms with Gasteiger partial charge in [0, 0.05) is 7.11 Å². The van der Waals surface area contributed by atoms with Gasteiger partial charge in [0.15, 0.2) is 0 Å². The summed E-state index contributed by atoms with van der Waals surface area (Å²) in [7, 11) is 1.57. The predicted molar refractivity (Wildman–Crippen MR) is 58.3 cm³/mol. The molecule has 0 amide bonds. The zero-order chi connectivity index (χ0) is 11.4. The molecule has 0 saturated carbocycles. The molecule has 0 aliphatic heterocycles. The van der Waals surface area contributed by atoms with Crippen molar-refractivity contribution in [2.75, 3.05) is 7.11 Å². The van der Waals surface area contributed by atoms with E-state index in [-0.39, 0.29) is 0 Å². The summed E-state index contributed by atoms with van der Waals surface area (Å²) in [4.78, 5) is 15.6. The minimum absolute atomic E-state index is 0.343. The molecule has 0 bridgehead atoms. The molecule has 0 saturated heterocycles. The van der Waals surface area contributed by atoms with E-state index in [1.54, 1.807) is 7.11 Å². The van der Waals surface area contributed by atoms with Gasteiger partial charge in [0.1, 0.15) is 9.88 Å². The van der Waals surface area contributed by atoms with Gasteiger partial charge >= 0.3 is 5.97 Å². The lowest BCUT2D eigenvalue weighted by Crippen LogP contribution is -2.02. The van der Waals surface area contributed by atoms with Crippen LogP contribution in [-0.2, 0) is 17.8 Å². The van der Waals surface area contributed by atoms with Crippen molar-refractivity contribution in [1.82, 2.24) is 4.98 Å². The third kappa shape index (κ3) is 3.28. The Morgan fingerprint density at radius 3 is 2.73 bits per heavy atom. The number of carbonyl (C=O) groups is 1. The number of hydrogen-bond acceptors (Lipinski definition) is 4. The molecule has 1 rings (SSSR count). The van der Waals surface area contributed by atoms with Gasteiger partial charge in [-0.2, -0.15) is 0 Å². The highest BCUT2D eigenvalue weighted by molar-refractivity contribution is 7.13. The Morgan fingerprint density at radius 1 is 1.60 bits per heavy atom. The lowest BCUT2D eigenvalue weighted by atomic mass is 10.1. The minimum atomic E-state index is -0.898. The normalized spacial score (nSPS) is 10.9. The van der Waals surface area contributed by atoms with Crippen LogP contribution in [0.5, 0.6) is 0 Å². The monoisotopic (exact) mass is 229 g/mol. The van der Waals surface area contributed by atoms with E-state index in [9.17, 15) is 4.79 Å². The molecule has 0 aliphatic rings. The first-order valence-electron chi connectivity index (χ1n) is 4.75. The molecule has 15 heavy (non-hydrogen) atoms. The van der Waals surface area contributed by atoms with E-state index in [0.717, 1.165) is 5.01 Å². The number of nitrogens with zero attached hydrogens (tertiary/aromatic N) is 1. The SMILES string of the molecule is COCc1nc(CC(C)C)c(C(=O)O)s1. The molecule has 0 aromatic carbocycles. The van der Waals surface area contributed by atoms with E-state index >= 15 is 0 Å². The van der Waals surface area contributed by atoms with Gasteiger partial charge in [-0.15, -0.1) is 11.3 Å². The largest absolute Gasteiger partial charge is 0.477 e. The number of aromatic carboxylic acids is 1. The average Bonchev–Trinajstić information content (AvgIpc) is 2.47. The first-order chi connectivity index (χ1) is 7.04. The van der Waals surface area contributed by atoms with Crippen LogP contribution in [0.3, 0.4) is 0 Å². The number of rotatable bonds is 5. The molecule has 0 aliphatic carbocycles. The van der Waals surface area contributed by atoms with Gasteiger partial charge in [0.2, 0.25) is 0 Å². The summed E-state index contributed by atoms with van der Waals surface area (Å²) in [6.07, 6.45) is 0.696. The molecule has 0 radical (unpaired) electrons. The van der Waals surface area contributed by atoms with Crippen LogP contribution in [0.25, 0.3) is 0 Å². The summed E-state index contributed by atoms with van der Waals surface area (Å²) in [5, 5.41) is 9.72. The standard InChI is InChI=1S/C10H15NO3S/c1-6(2)4-7-9(10(12)13)15-8(11-7)5-14-3/h6H,4-5H2,1-3H3,(H,12,13). The van der Waals surface area contributed by atoms with Crippen molar-refractivity contribution < 1.29 is 14.6 Å². The van der Waals surface area contributed by atoms with Gasteiger partial charge in [-0.3, -0.25) is 0 Å². The summed E-state index contributed by atoms with van der Waals surface area (Å²) in [6.45, 7) is 4.46. The van der Waals surface area contributed by atoms with Gasteiger partial charge in [-0.1, -0.05) is 13.8 Å². The molecule has 1 heterocycles. The van der Waals surface area contributed by atoms with Crippen LogP contribution in [0.4, 0.5) is 0 Å². The molecule has 0 fully saturated rings. The molecule has 0 atom stereocenters. The van der Waals surface area contributed by atoms with Crippen LogP contribution in [0.2, 0.25) is 0 Å². The minimum Gasteiger partial charge on any atom is -0.477 e.